The summed E-state index contributed by atoms with van der Waals surface area (Å²) in [5.41, 5.74) is 7.16. The van der Waals surface area contributed by atoms with Gasteiger partial charge >= 0.3 is 0 Å². The van der Waals surface area contributed by atoms with Gasteiger partial charge in [0.05, 0.1) is 5.92 Å². The molecule has 24 heavy (non-hydrogen) atoms. The average molecular weight is 317 g/mol. The Kier molecular flexibility index (Phi) is 4.19. The molecule has 1 aliphatic rings. The molecule has 2 aromatic carbocycles. The van der Waals surface area contributed by atoms with Crippen LogP contribution in [-0.2, 0) is 10.4 Å². The van der Waals surface area contributed by atoms with Crippen LogP contribution in [0.1, 0.15) is 16.7 Å². The molecule has 0 heterocycles. The number of rotatable bonds is 4. The van der Waals surface area contributed by atoms with Crippen molar-refractivity contribution < 1.29 is 9.90 Å². The van der Waals surface area contributed by atoms with E-state index in [-0.39, 0.29) is 0 Å². The van der Waals surface area contributed by atoms with Crippen molar-refractivity contribution in [2.75, 3.05) is 0 Å². The van der Waals surface area contributed by atoms with E-state index in [0.29, 0.717) is 5.56 Å². The molecule has 2 aromatic rings. The SMILES string of the molecule is C=C(c1ccccc1)c1ccccc1C1(O)C=CC=CC1C(N)=O. The van der Waals surface area contributed by atoms with Crippen LogP contribution in [0.4, 0.5) is 0 Å². The molecule has 2 atom stereocenters. The third kappa shape index (κ3) is 2.70. The molecule has 0 aromatic heterocycles. The van der Waals surface area contributed by atoms with Gasteiger partial charge in [0.25, 0.3) is 0 Å². The van der Waals surface area contributed by atoms with E-state index in [9.17, 15) is 9.90 Å². The Labute approximate surface area is 141 Å². The second-order valence-corrected chi connectivity index (χ2v) is 5.84. The predicted octanol–water partition coefficient (Wildman–Crippen LogP) is 3.16. The van der Waals surface area contributed by atoms with E-state index in [1.54, 1.807) is 24.3 Å². The summed E-state index contributed by atoms with van der Waals surface area (Å²) in [5, 5.41) is 11.3. The number of amides is 1. The summed E-state index contributed by atoms with van der Waals surface area (Å²) in [7, 11) is 0. The van der Waals surface area contributed by atoms with Crippen molar-refractivity contribution in [3.63, 3.8) is 0 Å². The van der Waals surface area contributed by atoms with E-state index in [4.69, 9.17) is 5.73 Å². The van der Waals surface area contributed by atoms with E-state index in [0.717, 1.165) is 16.7 Å². The van der Waals surface area contributed by atoms with Crippen molar-refractivity contribution in [2.24, 2.45) is 11.7 Å². The number of primary amides is 1. The molecule has 3 rings (SSSR count). The van der Waals surface area contributed by atoms with Crippen LogP contribution in [0, 0.1) is 5.92 Å². The Morgan fingerprint density at radius 3 is 2.42 bits per heavy atom. The minimum Gasteiger partial charge on any atom is -0.380 e. The molecule has 3 N–H and O–H groups in total. The van der Waals surface area contributed by atoms with Gasteiger partial charge in [0, 0.05) is 0 Å². The number of hydrogen-bond acceptors (Lipinski definition) is 2. The van der Waals surface area contributed by atoms with Crippen LogP contribution in [0.2, 0.25) is 0 Å². The summed E-state index contributed by atoms with van der Waals surface area (Å²) in [6, 6.07) is 17.2. The highest BCUT2D eigenvalue weighted by atomic mass is 16.3. The molecule has 120 valence electrons. The maximum atomic E-state index is 11.8. The lowest BCUT2D eigenvalue weighted by Crippen LogP contribution is -2.42. The molecule has 2 unspecified atom stereocenters. The first-order valence-corrected chi connectivity index (χ1v) is 7.76. The number of nitrogens with two attached hydrogens (primary N) is 1. The number of carbonyl (C=O) groups excluding carboxylic acids is 1. The molecule has 3 nitrogen and oxygen atoms in total. The topological polar surface area (TPSA) is 63.3 Å². The fourth-order valence-corrected chi connectivity index (χ4v) is 3.09. The Hall–Kier alpha value is -2.91. The summed E-state index contributed by atoms with van der Waals surface area (Å²) in [6.45, 7) is 4.18. The van der Waals surface area contributed by atoms with E-state index >= 15 is 0 Å². The first kappa shape index (κ1) is 16.0. The molecule has 0 saturated carbocycles. The molecule has 3 heteroatoms. The first-order valence-electron chi connectivity index (χ1n) is 7.76. The van der Waals surface area contributed by atoms with Crippen molar-refractivity contribution in [3.05, 3.63) is 102 Å². The Balaban J connectivity index is 2.13. The number of benzene rings is 2. The van der Waals surface area contributed by atoms with Crippen LogP contribution < -0.4 is 5.73 Å². The third-order valence-corrected chi connectivity index (χ3v) is 4.35. The van der Waals surface area contributed by atoms with Crippen LogP contribution in [0.3, 0.4) is 0 Å². The van der Waals surface area contributed by atoms with Gasteiger partial charge in [0.15, 0.2) is 0 Å². The fraction of sp³-hybridized carbons (Fsp3) is 0.0952. The second-order valence-electron chi connectivity index (χ2n) is 5.84. The Morgan fingerprint density at radius 2 is 1.71 bits per heavy atom. The van der Waals surface area contributed by atoms with Gasteiger partial charge in [0.2, 0.25) is 5.91 Å². The number of hydrogen-bond donors (Lipinski definition) is 2. The van der Waals surface area contributed by atoms with Crippen LogP contribution >= 0.6 is 0 Å². The molecule has 1 aliphatic carbocycles. The Bertz CT molecular complexity index is 836. The molecule has 0 fully saturated rings. The molecule has 0 bridgehead atoms. The predicted molar refractivity (Wildman–Crippen MR) is 95.9 cm³/mol. The highest BCUT2D eigenvalue weighted by molar-refractivity contribution is 5.84. The maximum Gasteiger partial charge on any atom is 0.227 e. The summed E-state index contributed by atoms with van der Waals surface area (Å²) >= 11 is 0. The quantitative estimate of drug-likeness (QED) is 0.910. The summed E-state index contributed by atoms with van der Waals surface area (Å²) in [5.74, 6) is -1.40. The van der Waals surface area contributed by atoms with Crippen molar-refractivity contribution in [1.82, 2.24) is 0 Å². The van der Waals surface area contributed by atoms with Gasteiger partial charge in [-0.1, -0.05) is 79.4 Å². The van der Waals surface area contributed by atoms with Crippen molar-refractivity contribution >= 4 is 11.5 Å². The lowest BCUT2D eigenvalue weighted by molar-refractivity contribution is -0.126. The normalized spacial score (nSPS) is 22.3. The zero-order valence-corrected chi connectivity index (χ0v) is 13.2. The standard InChI is InChI=1S/C21H19NO2/c1-15(16-9-3-2-4-10-16)17-11-5-6-12-18(17)21(24)14-8-7-13-19(21)20(22)23/h2-14,19,24H,1H2,(H2,22,23). The second kappa shape index (κ2) is 6.30. The third-order valence-electron chi connectivity index (χ3n) is 4.35. The molecule has 0 saturated heterocycles. The average Bonchev–Trinajstić information content (AvgIpc) is 2.62. The van der Waals surface area contributed by atoms with Gasteiger partial charge in [-0.3, -0.25) is 4.79 Å². The zero-order valence-electron chi connectivity index (χ0n) is 13.2. The maximum absolute atomic E-state index is 11.8. The van der Waals surface area contributed by atoms with Crippen molar-refractivity contribution in [3.8, 4) is 0 Å². The lowest BCUT2D eigenvalue weighted by Gasteiger charge is -2.34. The molecular formula is C21H19NO2. The van der Waals surface area contributed by atoms with Crippen LogP contribution in [0.25, 0.3) is 5.57 Å². The molecular weight excluding hydrogens is 298 g/mol. The molecule has 1 amide bonds. The van der Waals surface area contributed by atoms with Crippen LogP contribution in [-0.4, -0.2) is 11.0 Å². The summed E-state index contributed by atoms with van der Waals surface area (Å²) in [6.07, 6.45) is 6.68. The Morgan fingerprint density at radius 1 is 1.04 bits per heavy atom. The van der Waals surface area contributed by atoms with Crippen molar-refractivity contribution in [2.45, 2.75) is 5.60 Å². The highest BCUT2D eigenvalue weighted by Crippen LogP contribution is 2.39. The lowest BCUT2D eigenvalue weighted by atomic mass is 9.75. The minimum absolute atomic E-state index is 0.571. The molecule has 0 radical (unpaired) electrons. The number of allylic oxidation sites excluding steroid dienone is 2. The van der Waals surface area contributed by atoms with E-state index in [2.05, 4.69) is 6.58 Å². The van der Waals surface area contributed by atoms with E-state index in [1.165, 1.54) is 0 Å². The fourth-order valence-electron chi connectivity index (χ4n) is 3.09. The van der Waals surface area contributed by atoms with Gasteiger partial charge < -0.3 is 10.8 Å². The minimum atomic E-state index is -1.49. The smallest absolute Gasteiger partial charge is 0.227 e. The first-order chi connectivity index (χ1) is 11.5. The highest BCUT2D eigenvalue weighted by Gasteiger charge is 2.41. The largest absolute Gasteiger partial charge is 0.380 e. The number of aliphatic hydroxyl groups is 1. The van der Waals surface area contributed by atoms with Gasteiger partial charge in [0.1, 0.15) is 5.60 Å². The number of carbonyl (C=O) groups is 1. The van der Waals surface area contributed by atoms with Crippen LogP contribution in [0.15, 0.2) is 85.5 Å². The van der Waals surface area contributed by atoms with Gasteiger partial charge in [-0.25, -0.2) is 0 Å². The zero-order chi connectivity index (χ0) is 17.2. The van der Waals surface area contributed by atoms with E-state index < -0.39 is 17.4 Å². The van der Waals surface area contributed by atoms with Gasteiger partial charge in [-0.2, -0.15) is 0 Å². The van der Waals surface area contributed by atoms with E-state index in [1.807, 2.05) is 54.6 Å². The molecule has 0 aliphatic heterocycles. The van der Waals surface area contributed by atoms with Crippen molar-refractivity contribution in [1.29, 1.82) is 0 Å². The van der Waals surface area contributed by atoms with Crippen LogP contribution in [0.5, 0.6) is 0 Å². The monoisotopic (exact) mass is 317 g/mol. The van der Waals surface area contributed by atoms with Gasteiger partial charge in [-0.05, 0) is 28.3 Å². The summed E-state index contributed by atoms with van der Waals surface area (Å²) < 4.78 is 0. The van der Waals surface area contributed by atoms with Gasteiger partial charge in [-0.15, -0.1) is 0 Å². The summed E-state index contributed by atoms with van der Waals surface area (Å²) in [4.78, 5) is 11.8. The molecule has 0 spiro atoms.